The number of nitrogens with zero attached hydrogens (tertiary/aromatic N) is 3. The second-order valence-electron chi connectivity index (χ2n) is 4.71. The fraction of sp³-hybridized carbons (Fsp3) is 0.667. The highest BCUT2D eigenvalue weighted by Crippen LogP contribution is 2.18. The summed E-state index contributed by atoms with van der Waals surface area (Å²) < 4.78 is 5.70. The van der Waals surface area contributed by atoms with Crippen molar-refractivity contribution in [1.29, 1.82) is 0 Å². The maximum absolute atomic E-state index is 5.78. The van der Waals surface area contributed by atoms with Crippen LogP contribution in [0.15, 0.2) is 12.3 Å². The Morgan fingerprint density at radius 1 is 1.65 bits per heavy atom. The second-order valence-corrected chi connectivity index (χ2v) is 4.71. The number of aromatic nitrogens is 2. The third kappa shape index (κ3) is 3.46. The van der Waals surface area contributed by atoms with Crippen LogP contribution in [0.1, 0.15) is 24.5 Å². The Bertz CT molecular complexity index is 369. The Labute approximate surface area is 102 Å². The van der Waals surface area contributed by atoms with Gasteiger partial charge in [-0.25, -0.2) is 9.97 Å². The van der Waals surface area contributed by atoms with Crippen molar-refractivity contribution >= 4 is 0 Å². The van der Waals surface area contributed by atoms with Crippen molar-refractivity contribution < 1.29 is 4.74 Å². The molecule has 0 amide bonds. The van der Waals surface area contributed by atoms with E-state index in [1.807, 2.05) is 13.0 Å². The van der Waals surface area contributed by atoms with Gasteiger partial charge in [-0.3, -0.25) is 0 Å². The fourth-order valence-electron chi connectivity index (χ4n) is 1.95. The van der Waals surface area contributed by atoms with E-state index in [1.165, 1.54) is 0 Å². The largest absolute Gasteiger partial charge is 0.368 e. The monoisotopic (exact) mass is 236 g/mol. The molecule has 1 aromatic rings. The van der Waals surface area contributed by atoms with Gasteiger partial charge in [0.15, 0.2) is 5.82 Å². The fourth-order valence-corrected chi connectivity index (χ4v) is 1.95. The molecule has 5 heteroatoms. The minimum atomic E-state index is -0.0122. The molecule has 2 unspecified atom stereocenters. The summed E-state index contributed by atoms with van der Waals surface area (Å²) in [6, 6.07) is 2.03. The summed E-state index contributed by atoms with van der Waals surface area (Å²) in [6.07, 6.45) is 2.55. The summed E-state index contributed by atoms with van der Waals surface area (Å²) in [5.41, 5.74) is 6.76. The molecule has 0 bridgehead atoms. The van der Waals surface area contributed by atoms with Crippen LogP contribution in [-0.4, -0.2) is 47.7 Å². The molecule has 2 heterocycles. The van der Waals surface area contributed by atoms with Gasteiger partial charge in [0.25, 0.3) is 0 Å². The molecular formula is C12H20N4O. The van der Waals surface area contributed by atoms with Crippen LogP contribution in [0.4, 0.5) is 0 Å². The molecule has 94 valence electrons. The first-order chi connectivity index (χ1) is 8.15. The van der Waals surface area contributed by atoms with Gasteiger partial charge in [-0.1, -0.05) is 0 Å². The summed E-state index contributed by atoms with van der Waals surface area (Å²) >= 11 is 0. The maximum Gasteiger partial charge on any atom is 0.158 e. The van der Waals surface area contributed by atoms with Crippen LogP contribution < -0.4 is 5.73 Å². The average molecular weight is 236 g/mol. The molecule has 2 rings (SSSR count). The number of ether oxygens (including phenoxy) is 1. The number of hydrogen-bond acceptors (Lipinski definition) is 5. The van der Waals surface area contributed by atoms with Crippen molar-refractivity contribution in [3.05, 3.63) is 23.8 Å². The molecule has 0 spiro atoms. The number of nitrogens with two attached hydrogens (primary N) is 1. The smallest absolute Gasteiger partial charge is 0.158 e. The van der Waals surface area contributed by atoms with Crippen LogP contribution in [0.5, 0.6) is 0 Å². The first-order valence-electron chi connectivity index (χ1n) is 6.02. The van der Waals surface area contributed by atoms with Gasteiger partial charge in [-0.05, 0) is 20.0 Å². The van der Waals surface area contributed by atoms with E-state index >= 15 is 0 Å². The van der Waals surface area contributed by atoms with Crippen molar-refractivity contribution in [2.24, 2.45) is 5.73 Å². The van der Waals surface area contributed by atoms with Gasteiger partial charge in [0.1, 0.15) is 6.10 Å². The molecule has 5 nitrogen and oxygen atoms in total. The minimum absolute atomic E-state index is 0.0122. The zero-order valence-corrected chi connectivity index (χ0v) is 10.5. The molecule has 0 radical (unpaired) electrons. The highest BCUT2D eigenvalue weighted by Gasteiger charge is 2.22. The highest BCUT2D eigenvalue weighted by molar-refractivity contribution is 5.06. The quantitative estimate of drug-likeness (QED) is 0.821. The standard InChI is InChI=1S/C12H20N4O/c1-9(13)7-10-3-4-14-12(15-10)11-8-16(2)5-6-17-11/h3-4,9,11H,5-8,13H2,1-2H3. The van der Waals surface area contributed by atoms with Gasteiger partial charge in [0.05, 0.1) is 6.61 Å². The molecule has 1 aromatic heterocycles. The Morgan fingerprint density at radius 3 is 3.18 bits per heavy atom. The molecule has 0 aromatic carbocycles. The van der Waals surface area contributed by atoms with Crippen molar-refractivity contribution in [1.82, 2.24) is 14.9 Å². The zero-order valence-electron chi connectivity index (χ0n) is 10.5. The molecule has 17 heavy (non-hydrogen) atoms. The van der Waals surface area contributed by atoms with E-state index < -0.39 is 0 Å². The van der Waals surface area contributed by atoms with Gasteiger partial charge in [-0.15, -0.1) is 0 Å². The summed E-state index contributed by atoms with van der Waals surface area (Å²) in [6.45, 7) is 4.53. The number of hydrogen-bond donors (Lipinski definition) is 1. The molecule has 1 aliphatic heterocycles. The topological polar surface area (TPSA) is 64.3 Å². The maximum atomic E-state index is 5.78. The van der Waals surface area contributed by atoms with Crippen molar-refractivity contribution in [3.63, 3.8) is 0 Å². The van der Waals surface area contributed by atoms with Crippen LogP contribution in [0, 0.1) is 0 Å². The molecular weight excluding hydrogens is 216 g/mol. The predicted octanol–water partition coefficient (Wildman–Crippen LogP) is 0.369. The minimum Gasteiger partial charge on any atom is -0.368 e. The van der Waals surface area contributed by atoms with Crippen LogP contribution >= 0.6 is 0 Å². The van der Waals surface area contributed by atoms with Crippen LogP contribution in [-0.2, 0) is 11.2 Å². The molecule has 0 aliphatic carbocycles. The van der Waals surface area contributed by atoms with Crippen LogP contribution in [0.25, 0.3) is 0 Å². The molecule has 0 saturated carbocycles. The first-order valence-corrected chi connectivity index (χ1v) is 6.02. The second kappa shape index (κ2) is 5.53. The van der Waals surface area contributed by atoms with E-state index in [9.17, 15) is 0 Å². The molecule has 1 aliphatic rings. The van der Waals surface area contributed by atoms with Gasteiger partial charge in [-0.2, -0.15) is 0 Å². The zero-order chi connectivity index (χ0) is 12.3. The van der Waals surface area contributed by atoms with E-state index in [1.54, 1.807) is 6.20 Å². The summed E-state index contributed by atoms with van der Waals surface area (Å²) in [7, 11) is 2.08. The third-order valence-corrected chi connectivity index (χ3v) is 2.82. The number of rotatable bonds is 3. The lowest BCUT2D eigenvalue weighted by Gasteiger charge is -2.29. The summed E-state index contributed by atoms with van der Waals surface area (Å²) in [5, 5.41) is 0. The normalized spacial score (nSPS) is 23.6. The highest BCUT2D eigenvalue weighted by atomic mass is 16.5. The lowest BCUT2D eigenvalue weighted by atomic mass is 10.2. The number of likely N-dealkylation sites (N-methyl/N-ethyl adjacent to an activating group) is 1. The lowest BCUT2D eigenvalue weighted by molar-refractivity contribution is -0.0256. The van der Waals surface area contributed by atoms with E-state index in [0.717, 1.165) is 37.6 Å². The van der Waals surface area contributed by atoms with Crippen molar-refractivity contribution in [2.45, 2.75) is 25.5 Å². The van der Waals surface area contributed by atoms with Gasteiger partial charge in [0.2, 0.25) is 0 Å². The Morgan fingerprint density at radius 2 is 2.47 bits per heavy atom. The predicted molar refractivity (Wildman–Crippen MR) is 65.6 cm³/mol. The molecule has 2 atom stereocenters. The van der Waals surface area contributed by atoms with E-state index in [0.29, 0.717) is 0 Å². The van der Waals surface area contributed by atoms with Crippen LogP contribution in [0.2, 0.25) is 0 Å². The van der Waals surface area contributed by atoms with Gasteiger partial charge < -0.3 is 15.4 Å². The molecule has 1 fully saturated rings. The summed E-state index contributed by atoms with van der Waals surface area (Å²) in [4.78, 5) is 11.1. The number of morpholine rings is 1. The van der Waals surface area contributed by atoms with E-state index in [-0.39, 0.29) is 12.1 Å². The average Bonchev–Trinajstić information content (AvgIpc) is 2.28. The SMILES string of the molecule is CC(N)Cc1ccnc(C2CN(C)CCO2)n1. The Hall–Kier alpha value is -1.04. The third-order valence-electron chi connectivity index (χ3n) is 2.82. The van der Waals surface area contributed by atoms with Gasteiger partial charge >= 0.3 is 0 Å². The van der Waals surface area contributed by atoms with E-state index in [4.69, 9.17) is 10.5 Å². The summed E-state index contributed by atoms with van der Waals surface area (Å²) in [5.74, 6) is 0.773. The molecule has 2 N–H and O–H groups in total. The van der Waals surface area contributed by atoms with Gasteiger partial charge in [0, 0.05) is 37.4 Å². The first kappa shape index (κ1) is 12.4. The van der Waals surface area contributed by atoms with E-state index in [2.05, 4.69) is 21.9 Å². The lowest BCUT2D eigenvalue weighted by Crippen LogP contribution is -2.36. The molecule has 1 saturated heterocycles. The van der Waals surface area contributed by atoms with Crippen molar-refractivity contribution in [2.75, 3.05) is 26.7 Å². The Balaban J connectivity index is 2.09. The van der Waals surface area contributed by atoms with Crippen LogP contribution in [0.3, 0.4) is 0 Å². The van der Waals surface area contributed by atoms with Crippen molar-refractivity contribution in [3.8, 4) is 0 Å². The Kier molecular flexibility index (Phi) is 4.04.